The number of alkyl halides is 3. The van der Waals surface area contributed by atoms with Gasteiger partial charge in [0.2, 0.25) is 0 Å². The number of nitrogens with two attached hydrogens (primary N) is 1. The smallest absolute Gasteiger partial charge is 0.416 e. The summed E-state index contributed by atoms with van der Waals surface area (Å²) < 4.78 is 42.6. The molecular formula is C10H11ClF3NO2. The van der Waals surface area contributed by atoms with Crippen LogP contribution < -0.4 is 10.6 Å². The lowest BCUT2D eigenvalue weighted by Crippen LogP contribution is -2.09. The van der Waals surface area contributed by atoms with E-state index in [2.05, 4.69) is 4.84 Å². The van der Waals surface area contributed by atoms with Crippen LogP contribution in [-0.2, 0) is 17.4 Å². The zero-order chi connectivity index (χ0) is 13.1. The molecule has 1 aromatic rings. The van der Waals surface area contributed by atoms with Crippen molar-refractivity contribution in [3.05, 3.63) is 28.3 Å². The van der Waals surface area contributed by atoms with Gasteiger partial charge in [-0.2, -0.15) is 13.2 Å². The number of methoxy groups -OCH3 is 1. The average molecular weight is 270 g/mol. The summed E-state index contributed by atoms with van der Waals surface area (Å²) in [6.45, 7) is 0.0774. The van der Waals surface area contributed by atoms with Gasteiger partial charge in [0.25, 0.3) is 0 Å². The molecule has 0 aromatic heterocycles. The first-order valence-electron chi connectivity index (χ1n) is 4.65. The summed E-state index contributed by atoms with van der Waals surface area (Å²) in [4.78, 5) is 4.33. The van der Waals surface area contributed by atoms with Crippen molar-refractivity contribution in [3.8, 4) is 5.75 Å². The maximum atomic E-state index is 12.6. The Bertz CT molecular complexity index is 396. The van der Waals surface area contributed by atoms with Gasteiger partial charge >= 0.3 is 6.18 Å². The summed E-state index contributed by atoms with van der Waals surface area (Å²) in [6, 6.07) is 1.80. The van der Waals surface area contributed by atoms with Crippen LogP contribution in [0.15, 0.2) is 12.1 Å². The third kappa shape index (κ3) is 3.49. The Morgan fingerprint density at radius 1 is 1.35 bits per heavy atom. The fraction of sp³-hybridized carbons (Fsp3) is 0.400. The van der Waals surface area contributed by atoms with Gasteiger partial charge in [-0.25, -0.2) is 5.90 Å². The minimum Gasteiger partial charge on any atom is -0.495 e. The molecular weight excluding hydrogens is 259 g/mol. The molecule has 0 atom stereocenters. The van der Waals surface area contributed by atoms with Gasteiger partial charge in [-0.15, -0.1) is 0 Å². The molecule has 0 saturated carbocycles. The van der Waals surface area contributed by atoms with Crippen LogP contribution in [-0.4, -0.2) is 13.7 Å². The second-order valence-electron chi connectivity index (χ2n) is 3.27. The standard InChI is InChI=1S/C10H11ClF3NO2/c1-16-9-6(2-3-17-15)4-7(5-8(9)11)10(12,13)14/h4-5H,2-3,15H2,1H3. The molecule has 96 valence electrons. The predicted octanol–water partition coefficient (Wildman–Crippen LogP) is 2.80. The highest BCUT2D eigenvalue weighted by atomic mass is 35.5. The Morgan fingerprint density at radius 2 is 2.00 bits per heavy atom. The Labute approximate surface area is 101 Å². The van der Waals surface area contributed by atoms with Gasteiger partial charge in [-0.3, -0.25) is 0 Å². The Kier molecular flexibility index (Phi) is 4.62. The van der Waals surface area contributed by atoms with Crippen molar-refractivity contribution in [2.24, 2.45) is 5.90 Å². The van der Waals surface area contributed by atoms with Crippen LogP contribution in [0.5, 0.6) is 5.75 Å². The number of hydrogen-bond acceptors (Lipinski definition) is 3. The molecule has 0 saturated heterocycles. The minimum atomic E-state index is -4.45. The van der Waals surface area contributed by atoms with Crippen LogP contribution in [0.2, 0.25) is 5.02 Å². The van der Waals surface area contributed by atoms with Crippen LogP contribution >= 0.6 is 11.6 Å². The van der Waals surface area contributed by atoms with Crippen LogP contribution in [0.4, 0.5) is 13.2 Å². The largest absolute Gasteiger partial charge is 0.495 e. The number of benzene rings is 1. The average Bonchev–Trinajstić information content (AvgIpc) is 2.24. The van der Waals surface area contributed by atoms with Gasteiger partial charge in [0.05, 0.1) is 24.3 Å². The molecule has 0 aliphatic heterocycles. The van der Waals surface area contributed by atoms with Gasteiger partial charge in [-0.1, -0.05) is 11.6 Å². The van der Waals surface area contributed by atoms with E-state index in [-0.39, 0.29) is 23.8 Å². The second-order valence-corrected chi connectivity index (χ2v) is 3.68. The first-order valence-corrected chi connectivity index (χ1v) is 5.03. The van der Waals surface area contributed by atoms with Crippen molar-refractivity contribution >= 4 is 11.6 Å². The van der Waals surface area contributed by atoms with Crippen molar-refractivity contribution in [1.29, 1.82) is 0 Å². The summed E-state index contributed by atoms with van der Waals surface area (Å²) in [6.07, 6.45) is -4.27. The molecule has 0 heterocycles. The number of halogens is 4. The van der Waals surface area contributed by atoms with Crippen molar-refractivity contribution in [1.82, 2.24) is 0 Å². The quantitative estimate of drug-likeness (QED) is 0.855. The number of hydrogen-bond donors (Lipinski definition) is 1. The third-order valence-electron chi connectivity index (χ3n) is 2.14. The van der Waals surface area contributed by atoms with E-state index in [9.17, 15) is 13.2 Å². The van der Waals surface area contributed by atoms with Crippen LogP contribution in [0, 0.1) is 0 Å². The summed E-state index contributed by atoms with van der Waals surface area (Å²) >= 11 is 5.72. The van der Waals surface area contributed by atoms with Gasteiger partial charge in [0.15, 0.2) is 0 Å². The third-order valence-corrected chi connectivity index (χ3v) is 2.42. The van der Waals surface area contributed by atoms with E-state index < -0.39 is 11.7 Å². The van der Waals surface area contributed by atoms with Crippen LogP contribution in [0.3, 0.4) is 0 Å². The lowest BCUT2D eigenvalue weighted by Gasteiger charge is -2.14. The second kappa shape index (κ2) is 5.57. The highest BCUT2D eigenvalue weighted by Crippen LogP contribution is 2.37. The molecule has 0 spiro atoms. The van der Waals surface area contributed by atoms with E-state index in [4.69, 9.17) is 22.2 Å². The first-order chi connectivity index (χ1) is 7.90. The van der Waals surface area contributed by atoms with E-state index in [1.165, 1.54) is 7.11 Å². The van der Waals surface area contributed by atoms with Crippen molar-refractivity contribution in [2.75, 3.05) is 13.7 Å². The topological polar surface area (TPSA) is 44.5 Å². The molecule has 0 bridgehead atoms. The molecule has 1 rings (SSSR count). The summed E-state index contributed by atoms with van der Waals surface area (Å²) in [7, 11) is 1.33. The SMILES string of the molecule is COc1c(Cl)cc(C(F)(F)F)cc1CCON. The minimum absolute atomic E-state index is 0.0774. The molecule has 3 nitrogen and oxygen atoms in total. The summed E-state index contributed by atoms with van der Waals surface area (Å²) in [5.74, 6) is 5.04. The van der Waals surface area contributed by atoms with E-state index in [1.807, 2.05) is 0 Å². The van der Waals surface area contributed by atoms with Gasteiger partial charge < -0.3 is 9.57 Å². The normalized spacial score (nSPS) is 11.6. The molecule has 0 radical (unpaired) electrons. The number of rotatable bonds is 4. The molecule has 17 heavy (non-hydrogen) atoms. The van der Waals surface area contributed by atoms with Crippen molar-refractivity contribution in [3.63, 3.8) is 0 Å². The molecule has 0 amide bonds. The number of ether oxygens (including phenoxy) is 1. The molecule has 0 fully saturated rings. The summed E-state index contributed by atoms with van der Waals surface area (Å²) in [5, 5.41) is -0.0886. The molecule has 2 N–H and O–H groups in total. The Morgan fingerprint density at radius 3 is 2.47 bits per heavy atom. The van der Waals surface area contributed by atoms with E-state index in [0.717, 1.165) is 12.1 Å². The zero-order valence-corrected chi connectivity index (χ0v) is 9.73. The van der Waals surface area contributed by atoms with Crippen LogP contribution in [0.1, 0.15) is 11.1 Å². The molecule has 0 unspecified atom stereocenters. The van der Waals surface area contributed by atoms with Gasteiger partial charge in [-0.05, 0) is 17.7 Å². The Hall–Kier alpha value is -0.980. The van der Waals surface area contributed by atoms with Crippen molar-refractivity contribution in [2.45, 2.75) is 12.6 Å². The Balaban J connectivity index is 3.19. The molecule has 7 heteroatoms. The highest BCUT2D eigenvalue weighted by molar-refractivity contribution is 6.32. The lowest BCUT2D eigenvalue weighted by molar-refractivity contribution is -0.137. The first kappa shape index (κ1) is 14.1. The molecule has 0 aliphatic carbocycles. The highest BCUT2D eigenvalue weighted by Gasteiger charge is 2.32. The zero-order valence-electron chi connectivity index (χ0n) is 8.97. The maximum Gasteiger partial charge on any atom is 0.416 e. The van der Waals surface area contributed by atoms with E-state index in [1.54, 1.807) is 0 Å². The summed E-state index contributed by atoms with van der Waals surface area (Å²) in [5.41, 5.74) is -0.520. The fourth-order valence-electron chi connectivity index (χ4n) is 1.40. The fourth-order valence-corrected chi connectivity index (χ4v) is 1.71. The van der Waals surface area contributed by atoms with Gasteiger partial charge in [0, 0.05) is 6.42 Å². The van der Waals surface area contributed by atoms with E-state index >= 15 is 0 Å². The monoisotopic (exact) mass is 269 g/mol. The van der Waals surface area contributed by atoms with Crippen LogP contribution in [0.25, 0.3) is 0 Å². The lowest BCUT2D eigenvalue weighted by atomic mass is 10.1. The van der Waals surface area contributed by atoms with Gasteiger partial charge in [0.1, 0.15) is 5.75 Å². The van der Waals surface area contributed by atoms with E-state index in [0.29, 0.717) is 5.56 Å². The predicted molar refractivity (Wildman–Crippen MR) is 56.8 cm³/mol. The maximum absolute atomic E-state index is 12.6. The molecule has 1 aromatic carbocycles. The van der Waals surface area contributed by atoms with Crippen molar-refractivity contribution < 1.29 is 22.7 Å². The molecule has 0 aliphatic rings.